The van der Waals surface area contributed by atoms with Gasteiger partial charge in [0.05, 0.1) is 5.39 Å². The summed E-state index contributed by atoms with van der Waals surface area (Å²) in [6.07, 6.45) is 0. The summed E-state index contributed by atoms with van der Waals surface area (Å²) in [5, 5.41) is 0.582. The second-order valence-electron chi connectivity index (χ2n) is 5.60. The molecular weight excluding hydrogens is 322 g/mol. The van der Waals surface area contributed by atoms with Gasteiger partial charge in [-0.1, -0.05) is 18.2 Å². The van der Waals surface area contributed by atoms with Crippen LogP contribution in [0.5, 0.6) is 0 Å². The molecule has 0 aliphatic heterocycles. The lowest BCUT2D eigenvalue weighted by atomic mass is 10.2. The molecule has 3 rings (SSSR count). The van der Waals surface area contributed by atoms with Crippen molar-refractivity contribution in [2.24, 2.45) is 0 Å². The summed E-state index contributed by atoms with van der Waals surface area (Å²) in [5.41, 5.74) is 0.676. The van der Waals surface area contributed by atoms with E-state index in [1.54, 1.807) is 11.8 Å². The third-order valence-corrected chi connectivity index (χ3v) is 4.89. The maximum absolute atomic E-state index is 12.7. The normalized spacial score (nSPS) is 11.0. The van der Waals surface area contributed by atoms with Crippen molar-refractivity contribution in [3.8, 4) is 0 Å². The number of carbonyl (C=O) groups is 1. The molecule has 1 amide bonds. The van der Waals surface area contributed by atoms with E-state index >= 15 is 0 Å². The predicted octanol–water partition coefficient (Wildman–Crippen LogP) is 3.13. The Morgan fingerprint density at radius 1 is 1.25 bits per heavy atom. The second kappa shape index (κ2) is 6.57. The van der Waals surface area contributed by atoms with Crippen LogP contribution in [0.2, 0.25) is 0 Å². The summed E-state index contributed by atoms with van der Waals surface area (Å²) in [4.78, 5) is 33.4. The number of aromatic nitrogens is 2. The molecule has 0 spiro atoms. The van der Waals surface area contributed by atoms with Crippen LogP contribution in [-0.2, 0) is 11.3 Å². The molecule has 0 unspecified atom stereocenters. The van der Waals surface area contributed by atoms with Gasteiger partial charge in [0.1, 0.15) is 17.2 Å². The average molecular weight is 341 g/mol. The molecule has 3 aromatic rings. The number of hydrogen-bond donors (Lipinski definition) is 0. The Labute approximate surface area is 144 Å². The Balaban J connectivity index is 1.97. The van der Waals surface area contributed by atoms with Crippen molar-refractivity contribution in [1.29, 1.82) is 0 Å². The van der Waals surface area contributed by atoms with Crippen molar-refractivity contribution in [3.05, 3.63) is 57.5 Å². The van der Waals surface area contributed by atoms with Gasteiger partial charge in [-0.3, -0.25) is 14.2 Å². The molecule has 0 aliphatic rings. The highest BCUT2D eigenvalue weighted by molar-refractivity contribution is 7.18. The number of carbonyl (C=O) groups excluding carboxylic acids is 1. The minimum Gasteiger partial charge on any atom is -0.311 e. The SMILES string of the molecule is CCN(C(=O)Cn1c(C)nc2sc(C)cc2c1=O)c1ccccc1. The van der Waals surface area contributed by atoms with Crippen molar-refractivity contribution in [1.82, 2.24) is 9.55 Å². The molecule has 0 atom stereocenters. The zero-order chi connectivity index (χ0) is 17.3. The summed E-state index contributed by atoms with van der Waals surface area (Å²) >= 11 is 1.50. The third-order valence-electron chi connectivity index (χ3n) is 3.94. The summed E-state index contributed by atoms with van der Waals surface area (Å²) in [6.45, 7) is 6.17. The van der Waals surface area contributed by atoms with Gasteiger partial charge in [-0.05, 0) is 39.0 Å². The van der Waals surface area contributed by atoms with Crippen molar-refractivity contribution in [3.63, 3.8) is 0 Å². The van der Waals surface area contributed by atoms with Crippen LogP contribution in [0.15, 0.2) is 41.2 Å². The van der Waals surface area contributed by atoms with Crippen LogP contribution in [0, 0.1) is 13.8 Å². The maximum Gasteiger partial charge on any atom is 0.262 e. The molecule has 2 heterocycles. The molecule has 0 bridgehead atoms. The predicted molar refractivity (Wildman–Crippen MR) is 97.8 cm³/mol. The molecule has 2 aromatic heterocycles. The lowest BCUT2D eigenvalue weighted by molar-refractivity contribution is -0.119. The minimum absolute atomic E-state index is 0.00870. The number of hydrogen-bond acceptors (Lipinski definition) is 4. The van der Waals surface area contributed by atoms with Crippen LogP contribution < -0.4 is 10.5 Å². The average Bonchev–Trinajstić information content (AvgIpc) is 2.93. The number of anilines is 1. The van der Waals surface area contributed by atoms with Crippen LogP contribution >= 0.6 is 11.3 Å². The van der Waals surface area contributed by atoms with Crippen LogP contribution in [0.4, 0.5) is 5.69 Å². The monoisotopic (exact) mass is 341 g/mol. The van der Waals surface area contributed by atoms with E-state index in [4.69, 9.17) is 0 Å². The van der Waals surface area contributed by atoms with Crippen LogP contribution in [0.1, 0.15) is 17.6 Å². The molecule has 0 saturated carbocycles. The van der Waals surface area contributed by atoms with Crippen LogP contribution in [0.25, 0.3) is 10.2 Å². The van der Waals surface area contributed by atoms with Crippen molar-refractivity contribution < 1.29 is 4.79 Å². The van der Waals surface area contributed by atoms with Crippen LogP contribution in [-0.4, -0.2) is 22.0 Å². The molecule has 1 aromatic carbocycles. The van der Waals surface area contributed by atoms with E-state index < -0.39 is 0 Å². The topological polar surface area (TPSA) is 55.2 Å². The first kappa shape index (κ1) is 16.4. The number of aryl methyl sites for hydroxylation is 2. The van der Waals surface area contributed by atoms with Gasteiger partial charge in [0.15, 0.2) is 0 Å². The lowest BCUT2D eigenvalue weighted by Crippen LogP contribution is -2.37. The number of thiophene rings is 1. The second-order valence-corrected chi connectivity index (χ2v) is 6.83. The highest BCUT2D eigenvalue weighted by Crippen LogP contribution is 2.20. The van der Waals surface area contributed by atoms with Gasteiger partial charge < -0.3 is 4.90 Å². The fourth-order valence-electron chi connectivity index (χ4n) is 2.76. The van der Waals surface area contributed by atoms with Gasteiger partial charge in [0, 0.05) is 17.1 Å². The lowest BCUT2D eigenvalue weighted by Gasteiger charge is -2.22. The quantitative estimate of drug-likeness (QED) is 0.732. The molecular formula is C18H19N3O2S. The molecule has 0 fully saturated rings. The number of likely N-dealkylation sites (N-methyl/N-ethyl adjacent to an activating group) is 1. The largest absolute Gasteiger partial charge is 0.311 e. The minimum atomic E-state index is -0.153. The smallest absolute Gasteiger partial charge is 0.262 e. The molecule has 0 N–H and O–H groups in total. The van der Waals surface area contributed by atoms with E-state index in [-0.39, 0.29) is 18.0 Å². The number of fused-ring (bicyclic) bond motifs is 1. The number of nitrogens with zero attached hydrogens (tertiary/aromatic N) is 3. The summed E-state index contributed by atoms with van der Waals surface area (Å²) in [7, 11) is 0. The van der Waals surface area contributed by atoms with Gasteiger partial charge in [-0.2, -0.15) is 0 Å². The Morgan fingerprint density at radius 2 is 1.96 bits per heavy atom. The number of benzene rings is 1. The van der Waals surface area contributed by atoms with Gasteiger partial charge in [-0.15, -0.1) is 11.3 Å². The van der Waals surface area contributed by atoms with E-state index in [1.807, 2.05) is 50.2 Å². The first-order valence-corrected chi connectivity index (χ1v) is 8.66. The summed E-state index contributed by atoms with van der Waals surface area (Å²) in [5.74, 6) is 0.439. The Kier molecular flexibility index (Phi) is 4.49. The fourth-order valence-corrected chi connectivity index (χ4v) is 3.67. The fraction of sp³-hybridized carbons (Fsp3) is 0.278. The zero-order valence-corrected chi connectivity index (χ0v) is 14.8. The first-order chi connectivity index (χ1) is 11.5. The molecule has 6 heteroatoms. The van der Waals surface area contributed by atoms with E-state index in [1.165, 1.54) is 15.9 Å². The van der Waals surface area contributed by atoms with E-state index in [0.29, 0.717) is 17.8 Å². The van der Waals surface area contributed by atoms with Gasteiger partial charge >= 0.3 is 0 Å². The van der Waals surface area contributed by atoms with Crippen molar-refractivity contribution in [2.75, 3.05) is 11.4 Å². The van der Waals surface area contributed by atoms with Gasteiger partial charge in [-0.25, -0.2) is 4.98 Å². The molecule has 124 valence electrons. The van der Waals surface area contributed by atoms with E-state index in [0.717, 1.165) is 15.4 Å². The number of rotatable bonds is 4. The standard InChI is InChI=1S/C18H19N3O2S/c1-4-20(14-8-6-5-7-9-14)16(22)11-21-13(3)19-17-15(18(21)23)10-12(2)24-17/h5-10H,4,11H2,1-3H3. The van der Waals surface area contributed by atoms with E-state index in [2.05, 4.69) is 4.98 Å². The highest BCUT2D eigenvalue weighted by Gasteiger charge is 2.18. The molecule has 5 nitrogen and oxygen atoms in total. The Bertz CT molecular complexity index is 944. The first-order valence-electron chi connectivity index (χ1n) is 7.84. The zero-order valence-electron chi connectivity index (χ0n) is 13.9. The number of amides is 1. The van der Waals surface area contributed by atoms with E-state index in [9.17, 15) is 9.59 Å². The van der Waals surface area contributed by atoms with Crippen LogP contribution in [0.3, 0.4) is 0 Å². The summed E-state index contributed by atoms with van der Waals surface area (Å²) in [6, 6.07) is 11.3. The molecule has 0 saturated heterocycles. The molecule has 0 aliphatic carbocycles. The Hall–Kier alpha value is -2.47. The maximum atomic E-state index is 12.7. The van der Waals surface area contributed by atoms with Crippen molar-refractivity contribution >= 4 is 33.1 Å². The van der Waals surface area contributed by atoms with Gasteiger partial charge in [0.2, 0.25) is 5.91 Å². The molecule has 24 heavy (non-hydrogen) atoms. The van der Waals surface area contributed by atoms with Gasteiger partial charge in [0.25, 0.3) is 5.56 Å². The third kappa shape index (κ3) is 2.97. The summed E-state index contributed by atoms with van der Waals surface area (Å²) < 4.78 is 1.46. The van der Waals surface area contributed by atoms with Crippen molar-refractivity contribution in [2.45, 2.75) is 27.3 Å². The highest BCUT2D eigenvalue weighted by atomic mass is 32.1. The molecule has 0 radical (unpaired) electrons. The number of para-hydroxylation sites is 1. The Morgan fingerprint density at radius 3 is 2.62 bits per heavy atom.